The van der Waals surface area contributed by atoms with Crippen molar-refractivity contribution in [1.82, 2.24) is 5.32 Å². The maximum absolute atomic E-state index is 13.4. The highest BCUT2D eigenvalue weighted by Crippen LogP contribution is 2.38. The van der Waals surface area contributed by atoms with E-state index in [1.165, 1.54) is 17.7 Å². The molecular formula is C33H36FNO2. The van der Waals surface area contributed by atoms with E-state index < -0.39 is 0 Å². The predicted octanol–water partition coefficient (Wildman–Crippen LogP) is 7.39. The molecule has 1 atom stereocenters. The summed E-state index contributed by atoms with van der Waals surface area (Å²) >= 11 is 0. The van der Waals surface area contributed by atoms with Gasteiger partial charge in [0.05, 0.1) is 6.61 Å². The molecule has 0 aliphatic rings. The van der Waals surface area contributed by atoms with Gasteiger partial charge >= 0.3 is 0 Å². The van der Waals surface area contributed by atoms with E-state index in [0.29, 0.717) is 13.2 Å². The molecule has 4 aromatic carbocycles. The van der Waals surface area contributed by atoms with Gasteiger partial charge in [-0.05, 0) is 58.7 Å². The summed E-state index contributed by atoms with van der Waals surface area (Å²) in [5.41, 5.74) is 5.16. The highest BCUT2D eigenvalue weighted by Gasteiger charge is 2.30. The number of nitrogens with one attached hydrogen (secondary N) is 1. The number of ether oxygens (including phenoxy) is 1. The summed E-state index contributed by atoms with van der Waals surface area (Å²) in [6, 6.07) is 33.2. The molecule has 0 bridgehead atoms. The van der Waals surface area contributed by atoms with Gasteiger partial charge in [-0.1, -0.05) is 98.8 Å². The predicted molar refractivity (Wildman–Crippen MR) is 148 cm³/mol. The fourth-order valence-electron chi connectivity index (χ4n) is 4.79. The van der Waals surface area contributed by atoms with Crippen LogP contribution in [0.2, 0.25) is 0 Å². The third-order valence-corrected chi connectivity index (χ3v) is 7.01. The monoisotopic (exact) mass is 497 g/mol. The van der Waals surface area contributed by atoms with E-state index in [4.69, 9.17) is 4.74 Å². The zero-order valence-electron chi connectivity index (χ0n) is 21.7. The number of halogens is 1. The van der Waals surface area contributed by atoms with Crippen LogP contribution in [0.15, 0.2) is 103 Å². The molecule has 0 radical (unpaired) electrons. The fourth-order valence-corrected chi connectivity index (χ4v) is 4.79. The summed E-state index contributed by atoms with van der Waals surface area (Å²) in [7, 11) is 0. The SMILES string of the molecule is CC(C)(CCc1ccc(F)cc1)C(NCc1c(CO)cccc1OCc1ccccc1)c1ccccc1. The molecule has 0 spiro atoms. The summed E-state index contributed by atoms with van der Waals surface area (Å²) in [6.45, 7) is 5.51. The van der Waals surface area contributed by atoms with Gasteiger partial charge in [-0.25, -0.2) is 4.39 Å². The van der Waals surface area contributed by atoms with E-state index in [2.05, 4.69) is 43.4 Å². The second kappa shape index (κ2) is 12.7. The van der Waals surface area contributed by atoms with Crippen LogP contribution < -0.4 is 10.1 Å². The number of aryl methyl sites for hydroxylation is 1. The third-order valence-electron chi connectivity index (χ3n) is 7.01. The Morgan fingerprint density at radius 1 is 0.811 bits per heavy atom. The first kappa shape index (κ1) is 26.6. The molecule has 0 aromatic heterocycles. The Hall–Kier alpha value is -3.47. The number of benzene rings is 4. The van der Waals surface area contributed by atoms with E-state index in [-0.39, 0.29) is 23.9 Å². The van der Waals surface area contributed by atoms with E-state index in [1.54, 1.807) is 0 Å². The minimum Gasteiger partial charge on any atom is -0.489 e. The standard InChI is InChI=1S/C33H36FNO2/c1-33(2,21-20-25-16-18-29(34)19-17-25)32(27-12-7-4-8-13-27)35-22-30-28(23-36)14-9-15-31(30)37-24-26-10-5-3-6-11-26/h3-19,32,35-36H,20-24H2,1-2H3. The smallest absolute Gasteiger partial charge is 0.124 e. The Morgan fingerprint density at radius 2 is 1.49 bits per heavy atom. The van der Waals surface area contributed by atoms with Crippen molar-refractivity contribution in [3.8, 4) is 5.75 Å². The molecule has 192 valence electrons. The molecular weight excluding hydrogens is 461 g/mol. The van der Waals surface area contributed by atoms with Crippen LogP contribution in [0.1, 0.15) is 54.1 Å². The molecule has 1 unspecified atom stereocenters. The maximum atomic E-state index is 13.4. The van der Waals surface area contributed by atoms with Crippen molar-refractivity contribution in [2.75, 3.05) is 0 Å². The molecule has 3 nitrogen and oxygen atoms in total. The molecule has 2 N–H and O–H groups in total. The second-order valence-electron chi connectivity index (χ2n) is 10.2. The zero-order chi connectivity index (χ0) is 26.1. The Morgan fingerprint density at radius 3 is 2.16 bits per heavy atom. The van der Waals surface area contributed by atoms with Crippen LogP contribution in [0, 0.1) is 11.2 Å². The van der Waals surface area contributed by atoms with Crippen LogP contribution in [0.25, 0.3) is 0 Å². The van der Waals surface area contributed by atoms with E-state index in [0.717, 1.165) is 40.8 Å². The molecule has 0 fully saturated rings. The Balaban J connectivity index is 1.54. The summed E-state index contributed by atoms with van der Waals surface area (Å²) in [6.07, 6.45) is 1.78. The van der Waals surface area contributed by atoms with Crippen molar-refractivity contribution < 1.29 is 14.2 Å². The number of rotatable bonds is 12. The lowest BCUT2D eigenvalue weighted by molar-refractivity contribution is 0.220. The van der Waals surface area contributed by atoms with E-state index in [9.17, 15) is 9.50 Å². The molecule has 0 amide bonds. The second-order valence-corrected chi connectivity index (χ2v) is 10.2. The van der Waals surface area contributed by atoms with Crippen molar-refractivity contribution in [2.24, 2.45) is 5.41 Å². The first-order chi connectivity index (χ1) is 18.0. The van der Waals surface area contributed by atoms with Gasteiger partial charge in [-0.3, -0.25) is 0 Å². The van der Waals surface area contributed by atoms with Gasteiger partial charge in [0.15, 0.2) is 0 Å². The largest absolute Gasteiger partial charge is 0.489 e. The Labute approximate surface area is 220 Å². The summed E-state index contributed by atoms with van der Waals surface area (Å²) < 4.78 is 19.6. The van der Waals surface area contributed by atoms with E-state index in [1.807, 2.05) is 66.7 Å². The average Bonchev–Trinajstić information content (AvgIpc) is 2.93. The first-order valence-electron chi connectivity index (χ1n) is 12.9. The number of aliphatic hydroxyl groups excluding tert-OH is 1. The van der Waals surface area contributed by atoms with Crippen molar-refractivity contribution in [3.05, 3.63) is 137 Å². The lowest BCUT2D eigenvalue weighted by Crippen LogP contribution is -2.34. The summed E-state index contributed by atoms with van der Waals surface area (Å²) in [4.78, 5) is 0. The Bertz CT molecular complexity index is 1240. The lowest BCUT2D eigenvalue weighted by atomic mass is 9.76. The van der Waals surface area contributed by atoms with Gasteiger partial charge < -0.3 is 15.2 Å². The topological polar surface area (TPSA) is 41.5 Å². The van der Waals surface area contributed by atoms with Crippen molar-refractivity contribution in [2.45, 2.75) is 52.5 Å². The molecule has 4 rings (SSSR count). The van der Waals surface area contributed by atoms with Crippen LogP contribution in [0.3, 0.4) is 0 Å². The number of hydrogen-bond acceptors (Lipinski definition) is 3. The Kier molecular flexibility index (Phi) is 9.10. The van der Waals surface area contributed by atoms with Gasteiger partial charge in [0, 0.05) is 18.2 Å². The van der Waals surface area contributed by atoms with Gasteiger partial charge in [0.25, 0.3) is 0 Å². The fraction of sp³-hybridized carbons (Fsp3) is 0.273. The average molecular weight is 498 g/mol. The van der Waals surface area contributed by atoms with Gasteiger partial charge in [-0.2, -0.15) is 0 Å². The molecule has 4 aromatic rings. The molecule has 37 heavy (non-hydrogen) atoms. The van der Waals surface area contributed by atoms with E-state index >= 15 is 0 Å². The van der Waals surface area contributed by atoms with Crippen molar-refractivity contribution >= 4 is 0 Å². The summed E-state index contributed by atoms with van der Waals surface area (Å²) in [5, 5.41) is 13.9. The number of hydrogen-bond donors (Lipinski definition) is 2. The van der Waals surface area contributed by atoms with Crippen LogP contribution >= 0.6 is 0 Å². The minimum absolute atomic E-state index is 0.0521. The molecule has 0 aliphatic carbocycles. The van der Waals surface area contributed by atoms with Crippen LogP contribution in [-0.4, -0.2) is 5.11 Å². The van der Waals surface area contributed by atoms with Crippen LogP contribution in [0.4, 0.5) is 4.39 Å². The van der Waals surface area contributed by atoms with Gasteiger partial charge in [-0.15, -0.1) is 0 Å². The van der Waals surface area contributed by atoms with Crippen LogP contribution in [-0.2, 0) is 26.2 Å². The molecule has 0 aliphatic heterocycles. The first-order valence-corrected chi connectivity index (χ1v) is 12.9. The highest BCUT2D eigenvalue weighted by atomic mass is 19.1. The van der Waals surface area contributed by atoms with Crippen molar-refractivity contribution in [3.63, 3.8) is 0 Å². The molecule has 0 heterocycles. The third kappa shape index (κ3) is 7.28. The number of aliphatic hydroxyl groups is 1. The maximum Gasteiger partial charge on any atom is 0.124 e. The normalized spacial score (nSPS) is 12.3. The van der Waals surface area contributed by atoms with Gasteiger partial charge in [0.1, 0.15) is 18.2 Å². The minimum atomic E-state index is -0.209. The van der Waals surface area contributed by atoms with Crippen LogP contribution in [0.5, 0.6) is 5.75 Å². The molecule has 4 heteroatoms. The quantitative estimate of drug-likeness (QED) is 0.214. The lowest BCUT2D eigenvalue weighted by Gasteiger charge is -2.36. The molecule has 0 saturated carbocycles. The highest BCUT2D eigenvalue weighted by molar-refractivity contribution is 5.40. The zero-order valence-corrected chi connectivity index (χ0v) is 21.7. The van der Waals surface area contributed by atoms with Gasteiger partial charge in [0.2, 0.25) is 0 Å². The van der Waals surface area contributed by atoms with Crippen molar-refractivity contribution in [1.29, 1.82) is 0 Å². The summed E-state index contributed by atoms with van der Waals surface area (Å²) in [5.74, 6) is 0.568. The molecule has 0 saturated heterocycles.